The number of carbonyl (C=O) groups is 1. The van der Waals surface area contributed by atoms with Crippen molar-refractivity contribution in [3.8, 4) is 5.75 Å². The highest BCUT2D eigenvalue weighted by Gasteiger charge is 2.24. The molecule has 1 aliphatic rings. The van der Waals surface area contributed by atoms with Gasteiger partial charge in [-0.1, -0.05) is 34.5 Å². The maximum atomic E-state index is 13.4. The Labute approximate surface area is 188 Å². The summed E-state index contributed by atoms with van der Waals surface area (Å²) in [6.45, 7) is 4.33. The van der Waals surface area contributed by atoms with Gasteiger partial charge in [-0.15, -0.1) is 0 Å². The largest absolute Gasteiger partial charge is 0.497 e. The maximum Gasteiger partial charge on any atom is 0.261 e. The summed E-state index contributed by atoms with van der Waals surface area (Å²) >= 11 is 13.8. The molecule has 0 saturated carbocycles. The van der Waals surface area contributed by atoms with Gasteiger partial charge in [-0.25, -0.2) is 4.98 Å². The maximum absolute atomic E-state index is 13.4. The molecular weight excluding hydrogens is 445 g/mol. The van der Waals surface area contributed by atoms with Crippen LogP contribution in [0.2, 0.25) is 10.0 Å². The minimum atomic E-state index is -0.198. The third kappa shape index (κ3) is 4.71. The van der Waals surface area contributed by atoms with E-state index in [1.807, 2.05) is 18.2 Å². The third-order valence-electron chi connectivity index (χ3n) is 4.97. The average molecular weight is 466 g/mol. The van der Waals surface area contributed by atoms with Crippen LogP contribution in [0.25, 0.3) is 10.2 Å². The Kier molecular flexibility index (Phi) is 6.75. The van der Waals surface area contributed by atoms with Crippen molar-refractivity contribution in [1.29, 1.82) is 0 Å². The van der Waals surface area contributed by atoms with Crippen molar-refractivity contribution >= 4 is 55.8 Å². The number of anilines is 1. The summed E-state index contributed by atoms with van der Waals surface area (Å²) in [5.41, 5.74) is 1.22. The summed E-state index contributed by atoms with van der Waals surface area (Å²) in [5, 5.41) is 1.44. The molecule has 0 bridgehead atoms. The Morgan fingerprint density at radius 3 is 2.77 bits per heavy atom. The topological polar surface area (TPSA) is 54.9 Å². The Bertz CT molecular complexity index is 1050. The van der Waals surface area contributed by atoms with E-state index in [2.05, 4.69) is 4.90 Å². The molecule has 9 heteroatoms. The summed E-state index contributed by atoms with van der Waals surface area (Å²) in [5.74, 6) is 0.556. The molecule has 0 spiro atoms. The second-order valence-electron chi connectivity index (χ2n) is 6.87. The van der Waals surface area contributed by atoms with Crippen LogP contribution in [0.1, 0.15) is 10.4 Å². The van der Waals surface area contributed by atoms with Crippen LogP contribution in [0, 0.1) is 0 Å². The van der Waals surface area contributed by atoms with E-state index in [1.54, 1.807) is 30.2 Å². The average Bonchev–Trinajstić information content (AvgIpc) is 3.17. The molecule has 1 saturated heterocycles. The lowest BCUT2D eigenvalue weighted by Crippen LogP contribution is -2.43. The van der Waals surface area contributed by atoms with Gasteiger partial charge in [0.05, 0.1) is 41.1 Å². The monoisotopic (exact) mass is 465 g/mol. The molecule has 1 aliphatic heterocycles. The number of amides is 1. The number of rotatable bonds is 6. The van der Waals surface area contributed by atoms with Crippen molar-refractivity contribution in [2.45, 2.75) is 0 Å². The summed E-state index contributed by atoms with van der Waals surface area (Å²) < 4.78 is 11.7. The van der Waals surface area contributed by atoms with E-state index in [4.69, 9.17) is 37.7 Å². The van der Waals surface area contributed by atoms with Crippen LogP contribution >= 0.6 is 34.5 Å². The highest BCUT2D eigenvalue weighted by atomic mass is 35.5. The summed E-state index contributed by atoms with van der Waals surface area (Å²) in [6.07, 6.45) is 0. The zero-order valence-electron chi connectivity index (χ0n) is 16.4. The van der Waals surface area contributed by atoms with Crippen LogP contribution in [0.3, 0.4) is 0 Å². The molecular formula is C21H21Cl2N3O3S. The Morgan fingerprint density at radius 2 is 2.03 bits per heavy atom. The fourth-order valence-corrected chi connectivity index (χ4v) is 4.80. The first-order valence-corrected chi connectivity index (χ1v) is 11.1. The molecule has 3 aromatic rings. The van der Waals surface area contributed by atoms with E-state index in [-0.39, 0.29) is 5.91 Å². The molecule has 0 radical (unpaired) electrons. The van der Waals surface area contributed by atoms with Gasteiger partial charge < -0.3 is 9.47 Å². The molecule has 4 rings (SSSR count). The Balaban J connectivity index is 1.66. The van der Waals surface area contributed by atoms with Crippen molar-refractivity contribution in [3.63, 3.8) is 0 Å². The fraction of sp³-hybridized carbons (Fsp3) is 0.333. The van der Waals surface area contributed by atoms with E-state index in [9.17, 15) is 4.79 Å². The van der Waals surface area contributed by atoms with Crippen molar-refractivity contribution in [2.75, 3.05) is 51.4 Å². The van der Waals surface area contributed by atoms with Gasteiger partial charge in [0.15, 0.2) is 5.13 Å². The minimum Gasteiger partial charge on any atom is -0.497 e. The van der Waals surface area contributed by atoms with E-state index in [1.165, 1.54) is 11.3 Å². The first-order valence-electron chi connectivity index (χ1n) is 9.57. The number of fused-ring (bicyclic) bond motifs is 1. The number of morpholine rings is 1. The van der Waals surface area contributed by atoms with E-state index < -0.39 is 0 Å². The number of thiazole rings is 1. The fourth-order valence-electron chi connectivity index (χ4n) is 3.29. The van der Waals surface area contributed by atoms with Gasteiger partial charge in [0.2, 0.25) is 0 Å². The van der Waals surface area contributed by atoms with E-state index in [0.29, 0.717) is 40.5 Å². The number of carbonyl (C=O) groups excluding carboxylic acids is 1. The smallest absolute Gasteiger partial charge is 0.261 e. The minimum absolute atomic E-state index is 0.198. The predicted molar refractivity (Wildman–Crippen MR) is 122 cm³/mol. The van der Waals surface area contributed by atoms with E-state index >= 15 is 0 Å². The second kappa shape index (κ2) is 9.49. The first kappa shape index (κ1) is 21.3. The van der Waals surface area contributed by atoms with Crippen LogP contribution < -0.4 is 9.64 Å². The molecule has 1 amide bonds. The number of nitrogens with zero attached hydrogens (tertiary/aromatic N) is 3. The molecule has 158 valence electrons. The summed E-state index contributed by atoms with van der Waals surface area (Å²) in [7, 11) is 1.63. The molecule has 1 fully saturated rings. The lowest BCUT2D eigenvalue weighted by molar-refractivity contribution is 0.0391. The van der Waals surface area contributed by atoms with Gasteiger partial charge in [0, 0.05) is 31.2 Å². The van der Waals surface area contributed by atoms with Gasteiger partial charge in [-0.05, 0) is 36.4 Å². The quantitative estimate of drug-likeness (QED) is 0.532. The van der Waals surface area contributed by atoms with Crippen molar-refractivity contribution in [3.05, 3.63) is 52.0 Å². The normalized spacial score (nSPS) is 14.8. The SMILES string of the molecule is COc1ccc2nc(N(CCN3CCOCC3)C(=O)c3ccc(Cl)cc3Cl)sc2c1. The number of hydrogen-bond donors (Lipinski definition) is 0. The lowest BCUT2D eigenvalue weighted by Gasteiger charge is -2.29. The third-order valence-corrected chi connectivity index (χ3v) is 6.55. The van der Waals surface area contributed by atoms with Gasteiger partial charge in [0.25, 0.3) is 5.91 Å². The van der Waals surface area contributed by atoms with Crippen molar-refractivity contribution in [2.24, 2.45) is 0 Å². The standard InChI is InChI=1S/C21H21Cl2N3O3S/c1-28-15-3-5-18-19(13-15)30-21(24-18)26(7-6-25-8-10-29-11-9-25)20(27)16-4-2-14(22)12-17(16)23/h2-5,12-13H,6-11H2,1H3. The molecule has 1 aromatic heterocycles. The molecule has 2 aromatic carbocycles. The molecule has 2 heterocycles. The van der Waals surface area contributed by atoms with Crippen LogP contribution in [-0.2, 0) is 4.74 Å². The predicted octanol–water partition coefficient (Wildman–Crippen LogP) is 4.59. The number of ether oxygens (including phenoxy) is 2. The van der Waals surface area contributed by atoms with Gasteiger partial charge >= 0.3 is 0 Å². The number of hydrogen-bond acceptors (Lipinski definition) is 6. The summed E-state index contributed by atoms with van der Waals surface area (Å²) in [4.78, 5) is 22.1. The van der Waals surface area contributed by atoms with Crippen molar-refractivity contribution < 1.29 is 14.3 Å². The lowest BCUT2D eigenvalue weighted by atomic mass is 10.2. The zero-order valence-corrected chi connectivity index (χ0v) is 18.8. The summed E-state index contributed by atoms with van der Waals surface area (Å²) in [6, 6.07) is 10.6. The molecule has 0 unspecified atom stereocenters. The Morgan fingerprint density at radius 1 is 1.23 bits per heavy atom. The van der Waals surface area contributed by atoms with Crippen LogP contribution in [0.5, 0.6) is 5.75 Å². The van der Waals surface area contributed by atoms with Gasteiger partial charge in [-0.3, -0.25) is 14.6 Å². The van der Waals surface area contributed by atoms with E-state index in [0.717, 1.165) is 35.6 Å². The van der Waals surface area contributed by atoms with Crippen LogP contribution in [0.4, 0.5) is 5.13 Å². The molecule has 6 nitrogen and oxygen atoms in total. The molecule has 30 heavy (non-hydrogen) atoms. The molecule has 0 aliphatic carbocycles. The number of aromatic nitrogens is 1. The highest BCUT2D eigenvalue weighted by Crippen LogP contribution is 2.33. The first-order chi connectivity index (χ1) is 14.5. The zero-order chi connectivity index (χ0) is 21.1. The molecule has 0 N–H and O–H groups in total. The van der Waals surface area contributed by atoms with Gasteiger partial charge in [0.1, 0.15) is 5.75 Å². The Hall–Kier alpha value is -1.90. The number of halogens is 2. The molecule has 0 atom stereocenters. The van der Waals surface area contributed by atoms with Crippen molar-refractivity contribution in [1.82, 2.24) is 9.88 Å². The number of methoxy groups -OCH3 is 1. The highest BCUT2D eigenvalue weighted by molar-refractivity contribution is 7.22. The second-order valence-corrected chi connectivity index (χ2v) is 8.72. The number of benzene rings is 2. The van der Waals surface area contributed by atoms with Crippen LogP contribution in [0.15, 0.2) is 36.4 Å². The van der Waals surface area contributed by atoms with Gasteiger partial charge in [-0.2, -0.15) is 0 Å². The van der Waals surface area contributed by atoms with Crippen LogP contribution in [-0.4, -0.2) is 62.3 Å².